The highest BCUT2D eigenvalue weighted by atomic mass is 127. The van der Waals surface area contributed by atoms with Crippen molar-refractivity contribution in [3.05, 3.63) is 60.2 Å². The van der Waals surface area contributed by atoms with E-state index in [2.05, 4.69) is 15.0 Å². The molecule has 0 bridgehead atoms. The number of anilines is 1. The molecule has 7 nitrogen and oxygen atoms in total. The first-order valence-corrected chi connectivity index (χ1v) is 9.19. The van der Waals surface area contributed by atoms with Gasteiger partial charge in [-0.1, -0.05) is 30.3 Å². The van der Waals surface area contributed by atoms with E-state index in [-0.39, 0.29) is 35.4 Å². The van der Waals surface area contributed by atoms with Gasteiger partial charge in [-0.25, -0.2) is 18.1 Å². The Hall–Kier alpha value is -1.69. The second kappa shape index (κ2) is 11.1. The average Bonchev–Trinajstić information content (AvgIpc) is 2.61. The number of hydrogen-bond acceptors (Lipinski definition) is 4. The van der Waals surface area contributed by atoms with Crippen LogP contribution in [0.4, 0.5) is 5.69 Å². The van der Waals surface area contributed by atoms with Crippen LogP contribution in [0.15, 0.2) is 64.5 Å². The first-order chi connectivity index (χ1) is 12.0. The number of sulfonamides is 1. The Morgan fingerprint density at radius 3 is 2.38 bits per heavy atom. The maximum Gasteiger partial charge on any atom is 0.240 e. The highest BCUT2D eigenvalue weighted by Gasteiger charge is 2.12. The molecule has 0 heterocycles. The summed E-state index contributed by atoms with van der Waals surface area (Å²) in [5.41, 5.74) is 7.55. The van der Waals surface area contributed by atoms with Crippen LogP contribution in [0, 0.1) is 0 Å². The van der Waals surface area contributed by atoms with E-state index in [9.17, 15) is 8.42 Å². The van der Waals surface area contributed by atoms with Crippen molar-refractivity contribution in [3.63, 3.8) is 0 Å². The van der Waals surface area contributed by atoms with Crippen molar-refractivity contribution in [2.75, 3.05) is 25.6 Å². The van der Waals surface area contributed by atoms with E-state index in [0.717, 1.165) is 11.3 Å². The van der Waals surface area contributed by atoms with Crippen molar-refractivity contribution in [2.24, 2.45) is 10.7 Å². The lowest BCUT2D eigenvalue weighted by molar-refractivity contribution is 0.204. The standard InChI is InChI=1S/C17H22N4O3S.HI/c1-24-12-11-20-25(22,23)16-9-7-14(8-10-16)13-19-17(18)21-15-5-3-2-4-6-15;/h2-10,20H,11-13H2,1H3,(H3,18,19,21);1H. The second-order valence-electron chi connectivity index (χ2n) is 5.23. The number of nitrogens with zero attached hydrogens (tertiary/aromatic N) is 1. The Labute approximate surface area is 171 Å². The Kier molecular flexibility index (Phi) is 9.55. The van der Waals surface area contributed by atoms with Crippen molar-refractivity contribution < 1.29 is 13.2 Å². The predicted octanol–water partition coefficient (Wildman–Crippen LogP) is 2.16. The lowest BCUT2D eigenvalue weighted by Gasteiger charge is -2.07. The van der Waals surface area contributed by atoms with Crippen LogP contribution >= 0.6 is 24.0 Å². The number of hydrogen-bond donors (Lipinski definition) is 3. The van der Waals surface area contributed by atoms with Gasteiger partial charge in [0.05, 0.1) is 18.0 Å². The van der Waals surface area contributed by atoms with Crippen molar-refractivity contribution in [2.45, 2.75) is 11.4 Å². The van der Waals surface area contributed by atoms with Crippen molar-refractivity contribution in [3.8, 4) is 0 Å². The number of aliphatic imine (C=N–C) groups is 1. The van der Waals surface area contributed by atoms with Crippen LogP contribution in [0.1, 0.15) is 5.56 Å². The Bertz CT molecular complexity index is 797. The zero-order valence-electron chi connectivity index (χ0n) is 14.4. The summed E-state index contributed by atoms with van der Waals surface area (Å²) in [7, 11) is -2.01. The molecule has 2 rings (SSSR count). The number of nitrogens with two attached hydrogens (primary N) is 1. The molecule has 0 atom stereocenters. The van der Waals surface area contributed by atoms with Crippen molar-refractivity contribution >= 4 is 45.6 Å². The third-order valence-electron chi connectivity index (χ3n) is 3.31. The van der Waals surface area contributed by atoms with Crippen LogP contribution in [0.2, 0.25) is 0 Å². The largest absolute Gasteiger partial charge is 0.383 e. The van der Waals surface area contributed by atoms with E-state index < -0.39 is 10.0 Å². The molecule has 2 aromatic carbocycles. The van der Waals surface area contributed by atoms with Gasteiger partial charge in [0.2, 0.25) is 10.0 Å². The van der Waals surface area contributed by atoms with Crippen LogP contribution in [-0.2, 0) is 21.3 Å². The number of rotatable bonds is 8. The molecule has 0 aromatic heterocycles. The molecule has 26 heavy (non-hydrogen) atoms. The van der Waals surface area contributed by atoms with Gasteiger partial charge in [0.15, 0.2) is 5.96 Å². The quantitative estimate of drug-likeness (QED) is 0.228. The molecule has 0 unspecified atom stereocenters. The van der Waals surface area contributed by atoms with Gasteiger partial charge in [-0.05, 0) is 29.8 Å². The maximum absolute atomic E-state index is 12.1. The van der Waals surface area contributed by atoms with Crippen molar-refractivity contribution in [1.82, 2.24) is 4.72 Å². The molecule has 0 aliphatic carbocycles. The molecule has 0 saturated carbocycles. The zero-order valence-corrected chi connectivity index (χ0v) is 17.5. The molecule has 0 spiro atoms. The van der Waals surface area contributed by atoms with Crippen LogP contribution in [0.25, 0.3) is 0 Å². The minimum absolute atomic E-state index is 0. The monoisotopic (exact) mass is 490 g/mol. The first-order valence-electron chi connectivity index (χ1n) is 7.71. The molecule has 2 aromatic rings. The van der Waals surface area contributed by atoms with Gasteiger partial charge in [0, 0.05) is 19.3 Å². The smallest absolute Gasteiger partial charge is 0.240 e. The van der Waals surface area contributed by atoms with Gasteiger partial charge in [-0.15, -0.1) is 24.0 Å². The molecule has 0 aliphatic rings. The lowest BCUT2D eigenvalue weighted by atomic mass is 10.2. The predicted molar refractivity (Wildman–Crippen MR) is 114 cm³/mol. The first kappa shape index (κ1) is 22.4. The fourth-order valence-electron chi connectivity index (χ4n) is 2.02. The zero-order chi connectivity index (χ0) is 18.1. The minimum Gasteiger partial charge on any atom is -0.383 e. The SMILES string of the molecule is COCCNS(=O)(=O)c1ccc(CN=C(N)Nc2ccccc2)cc1.I. The second-order valence-corrected chi connectivity index (χ2v) is 6.99. The van der Waals surface area contributed by atoms with E-state index in [1.165, 1.54) is 7.11 Å². The number of benzene rings is 2. The van der Waals surface area contributed by atoms with Gasteiger partial charge in [-0.3, -0.25) is 0 Å². The number of halogens is 1. The molecule has 0 saturated heterocycles. The van der Waals surface area contributed by atoms with Crippen molar-refractivity contribution in [1.29, 1.82) is 0 Å². The number of guanidine groups is 1. The van der Waals surface area contributed by atoms with Gasteiger partial charge in [-0.2, -0.15) is 0 Å². The number of ether oxygens (including phenoxy) is 1. The summed E-state index contributed by atoms with van der Waals surface area (Å²) in [6.07, 6.45) is 0. The average molecular weight is 490 g/mol. The van der Waals surface area contributed by atoms with Gasteiger partial charge >= 0.3 is 0 Å². The summed E-state index contributed by atoms with van der Waals surface area (Å²) in [4.78, 5) is 4.44. The van der Waals surface area contributed by atoms with E-state index in [1.54, 1.807) is 24.3 Å². The highest BCUT2D eigenvalue weighted by Crippen LogP contribution is 2.11. The fourth-order valence-corrected chi connectivity index (χ4v) is 3.03. The molecule has 9 heteroatoms. The summed E-state index contributed by atoms with van der Waals surface area (Å²) in [6, 6.07) is 16.0. The Balaban J connectivity index is 0.00000338. The van der Waals surface area contributed by atoms with E-state index in [0.29, 0.717) is 19.1 Å². The van der Waals surface area contributed by atoms with Crippen LogP contribution in [0.3, 0.4) is 0 Å². The summed E-state index contributed by atoms with van der Waals surface area (Å²) >= 11 is 0. The van der Waals surface area contributed by atoms with Gasteiger partial charge < -0.3 is 15.8 Å². The molecule has 0 fully saturated rings. The van der Waals surface area contributed by atoms with Crippen LogP contribution in [0.5, 0.6) is 0 Å². The third kappa shape index (κ3) is 7.28. The minimum atomic E-state index is -3.52. The molecular weight excluding hydrogens is 467 g/mol. The summed E-state index contributed by atoms with van der Waals surface area (Å²) in [5, 5.41) is 2.99. The summed E-state index contributed by atoms with van der Waals surface area (Å²) in [5.74, 6) is 0.295. The number of para-hydroxylation sites is 1. The fraction of sp³-hybridized carbons (Fsp3) is 0.235. The van der Waals surface area contributed by atoms with Crippen LogP contribution in [-0.4, -0.2) is 34.6 Å². The Morgan fingerprint density at radius 2 is 1.77 bits per heavy atom. The lowest BCUT2D eigenvalue weighted by Crippen LogP contribution is -2.27. The van der Waals surface area contributed by atoms with E-state index in [1.807, 2.05) is 30.3 Å². The third-order valence-corrected chi connectivity index (χ3v) is 4.79. The Morgan fingerprint density at radius 1 is 1.12 bits per heavy atom. The van der Waals surface area contributed by atoms with Gasteiger partial charge in [0.25, 0.3) is 0 Å². The molecule has 0 aliphatic heterocycles. The van der Waals surface area contributed by atoms with E-state index >= 15 is 0 Å². The molecule has 0 amide bonds. The molecule has 0 radical (unpaired) electrons. The van der Waals surface area contributed by atoms with Gasteiger partial charge in [0.1, 0.15) is 0 Å². The summed E-state index contributed by atoms with van der Waals surface area (Å²) in [6.45, 7) is 0.898. The number of nitrogens with one attached hydrogen (secondary N) is 2. The molecule has 142 valence electrons. The topological polar surface area (TPSA) is 106 Å². The number of methoxy groups -OCH3 is 1. The highest BCUT2D eigenvalue weighted by molar-refractivity contribution is 14.0. The maximum atomic E-state index is 12.1. The summed E-state index contributed by atoms with van der Waals surface area (Å²) < 4.78 is 31.4. The molecular formula is C17H23IN4O3S. The van der Waals surface area contributed by atoms with Crippen LogP contribution < -0.4 is 15.8 Å². The normalized spacial score (nSPS) is 11.7. The van der Waals surface area contributed by atoms with E-state index in [4.69, 9.17) is 10.5 Å². The molecule has 4 N–H and O–H groups in total.